The van der Waals surface area contributed by atoms with Crippen molar-refractivity contribution in [3.8, 4) is 0 Å². The average molecular weight is 618 g/mol. The smallest absolute Gasteiger partial charge is 0.264 e. The van der Waals surface area contributed by atoms with Crippen LogP contribution in [0.15, 0.2) is 108 Å². The van der Waals surface area contributed by atoms with Crippen LogP contribution in [0.5, 0.6) is 0 Å². The van der Waals surface area contributed by atoms with E-state index in [1.807, 2.05) is 75.4 Å². The lowest BCUT2D eigenvalue weighted by molar-refractivity contribution is -0.140. The number of likely N-dealkylation sites (N-methyl/N-ethyl adjacent to an activating group) is 1. The zero-order valence-corrected chi connectivity index (χ0v) is 26.1. The fraction of sp³-hybridized carbons (Fsp3) is 0.235. The first-order valence-corrected chi connectivity index (χ1v) is 15.9. The molecule has 2 amide bonds. The number of nitrogens with one attached hydrogen (secondary N) is 1. The summed E-state index contributed by atoms with van der Waals surface area (Å²) in [4.78, 5) is 29.4. The van der Waals surface area contributed by atoms with Crippen molar-refractivity contribution in [1.29, 1.82) is 0 Å². The highest BCUT2D eigenvalue weighted by atomic mass is 35.5. The van der Waals surface area contributed by atoms with Gasteiger partial charge in [-0.25, -0.2) is 8.42 Å². The van der Waals surface area contributed by atoms with E-state index in [0.29, 0.717) is 11.6 Å². The Labute approximate surface area is 259 Å². The number of hydrogen-bond acceptors (Lipinski definition) is 4. The molecule has 0 saturated carbocycles. The Bertz CT molecular complexity index is 1640. The first-order valence-electron chi connectivity index (χ1n) is 14.1. The molecule has 224 valence electrons. The molecule has 0 saturated heterocycles. The molecule has 4 aromatic carbocycles. The lowest BCUT2D eigenvalue weighted by atomic mass is 10.0. The zero-order chi connectivity index (χ0) is 31.0. The van der Waals surface area contributed by atoms with Crippen molar-refractivity contribution >= 4 is 39.1 Å². The molecule has 7 nitrogen and oxygen atoms in total. The van der Waals surface area contributed by atoms with Crippen molar-refractivity contribution < 1.29 is 18.0 Å². The topological polar surface area (TPSA) is 86.8 Å². The minimum atomic E-state index is -4.18. The molecule has 43 heavy (non-hydrogen) atoms. The third-order valence-corrected chi connectivity index (χ3v) is 9.10. The molecule has 4 rings (SSSR count). The van der Waals surface area contributed by atoms with Crippen LogP contribution in [0.25, 0.3) is 0 Å². The number of halogens is 1. The molecule has 0 aliphatic rings. The molecule has 0 bridgehead atoms. The van der Waals surface area contributed by atoms with Gasteiger partial charge in [-0.05, 0) is 62.2 Å². The van der Waals surface area contributed by atoms with Crippen LogP contribution in [0.1, 0.15) is 29.2 Å². The van der Waals surface area contributed by atoms with Crippen LogP contribution >= 0.6 is 11.6 Å². The van der Waals surface area contributed by atoms with Gasteiger partial charge >= 0.3 is 0 Å². The van der Waals surface area contributed by atoms with Crippen LogP contribution in [0, 0.1) is 13.8 Å². The summed E-state index contributed by atoms with van der Waals surface area (Å²) in [5.74, 6) is -0.842. The van der Waals surface area contributed by atoms with Gasteiger partial charge in [0.2, 0.25) is 11.8 Å². The quantitative estimate of drug-likeness (QED) is 0.214. The Hall–Kier alpha value is -4.14. The van der Waals surface area contributed by atoms with E-state index in [4.69, 9.17) is 11.6 Å². The molecule has 0 fully saturated rings. The Kier molecular flexibility index (Phi) is 10.6. The normalized spacial score (nSPS) is 11.9. The highest BCUT2D eigenvalue weighted by Crippen LogP contribution is 2.27. The molecule has 9 heteroatoms. The van der Waals surface area contributed by atoms with Gasteiger partial charge in [0.25, 0.3) is 10.0 Å². The Morgan fingerprint density at radius 2 is 1.44 bits per heavy atom. The van der Waals surface area contributed by atoms with Gasteiger partial charge < -0.3 is 10.2 Å². The van der Waals surface area contributed by atoms with E-state index in [-0.39, 0.29) is 29.5 Å². The number of rotatable bonds is 12. The molecular weight excluding hydrogens is 582 g/mol. The Morgan fingerprint density at radius 3 is 2.05 bits per heavy atom. The molecule has 1 N–H and O–H groups in total. The van der Waals surface area contributed by atoms with Crippen LogP contribution in [0.3, 0.4) is 0 Å². The molecule has 0 aliphatic carbocycles. The van der Waals surface area contributed by atoms with Crippen LogP contribution in [-0.4, -0.2) is 44.3 Å². The second kappa shape index (κ2) is 14.4. The van der Waals surface area contributed by atoms with E-state index in [9.17, 15) is 18.0 Å². The number of carbonyl (C=O) groups is 2. The predicted octanol–water partition coefficient (Wildman–Crippen LogP) is 5.93. The fourth-order valence-corrected chi connectivity index (χ4v) is 6.32. The SMILES string of the molecule is CCNC(=O)C(Cc1ccccc1)N(Cc1ccc(C)cc1)C(=O)CN(c1cccc(Cl)c1)S(=O)(=O)c1ccc(C)cc1. The number of benzene rings is 4. The van der Waals surface area contributed by atoms with Gasteiger partial charge in [-0.15, -0.1) is 0 Å². The first kappa shape index (κ1) is 31.8. The highest BCUT2D eigenvalue weighted by molar-refractivity contribution is 7.92. The molecule has 0 aromatic heterocycles. The minimum Gasteiger partial charge on any atom is -0.355 e. The number of aryl methyl sites for hydroxylation is 2. The van der Waals surface area contributed by atoms with Crippen molar-refractivity contribution in [3.05, 3.63) is 130 Å². The summed E-state index contributed by atoms with van der Waals surface area (Å²) in [6.07, 6.45) is 0.256. The predicted molar refractivity (Wildman–Crippen MR) is 172 cm³/mol. The van der Waals surface area contributed by atoms with Crippen molar-refractivity contribution in [2.24, 2.45) is 0 Å². The van der Waals surface area contributed by atoms with Gasteiger partial charge in [0.15, 0.2) is 0 Å². The maximum absolute atomic E-state index is 14.4. The third kappa shape index (κ3) is 8.24. The fourth-order valence-electron chi connectivity index (χ4n) is 4.73. The van der Waals surface area contributed by atoms with Gasteiger partial charge in [0.05, 0.1) is 10.6 Å². The monoisotopic (exact) mass is 617 g/mol. The number of sulfonamides is 1. The number of anilines is 1. The van der Waals surface area contributed by atoms with Crippen molar-refractivity contribution in [3.63, 3.8) is 0 Å². The van der Waals surface area contributed by atoms with E-state index in [2.05, 4.69) is 5.32 Å². The molecule has 0 heterocycles. The molecule has 0 spiro atoms. The Morgan fingerprint density at radius 1 is 0.814 bits per heavy atom. The van der Waals surface area contributed by atoms with Gasteiger partial charge in [0, 0.05) is 24.5 Å². The maximum Gasteiger partial charge on any atom is 0.264 e. The summed E-state index contributed by atoms with van der Waals surface area (Å²) in [6, 6.07) is 29.1. The van der Waals surface area contributed by atoms with Crippen molar-refractivity contribution in [1.82, 2.24) is 10.2 Å². The van der Waals surface area contributed by atoms with E-state index < -0.39 is 28.5 Å². The molecular formula is C34H36ClN3O4S. The van der Waals surface area contributed by atoms with E-state index in [1.54, 1.807) is 30.3 Å². The molecule has 0 aliphatic heterocycles. The molecule has 1 unspecified atom stereocenters. The Balaban J connectivity index is 1.79. The van der Waals surface area contributed by atoms with E-state index >= 15 is 0 Å². The van der Waals surface area contributed by atoms with Gasteiger partial charge in [-0.3, -0.25) is 13.9 Å². The van der Waals surface area contributed by atoms with Crippen LogP contribution in [-0.2, 0) is 32.6 Å². The molecule has 4 aromatic rings. The van der Waals surface area contributed by atoms with Crippen molar-refractivity contribution in [2.75, 3.05) is 17.4 Å². The lowest BCUT2D eigenvalue weighted by Crippen LogP contribution is -2.53. The second-order valence-corrected chi connectivity index (χ2v) is 12.7. The largest absolute Gasteiger partial charge is 0.355 e. The van der Waals surface area contributed by atoms with Crippen LogP contribution in [0.4, 0.5) is 5.69 Å². The van der Waals surface area contributed by atoms with Crippen LogP contribution in [0.2, 0.25) is 5.02 Å². The summed E-state index contributed by atoms with van der Waals surface area (Å²) in [7, 11) is -4.18. The summed E-state index contributed by atoms with van der Waals surface area (Å²) >= 11 is 6.27. The van der Waals surface area contributed by atoms with Gasteiger partial charge in [-0.1, -0.05) is 95.5 Å². The minimum absolute atomic E-state index is 0.0421. The van der Waals surface area contributed by atoms with Crippen LogP contribution < -0.4 is 9.62 Å². The van der Waals surface area contributed by atoms with Gasteiger partial charge in [-0.2, -0.15) is 0 Å². The second-order valence-electron chi connectivity index (χ2n) is 10.4. The molecule has 1 atom stereocenters. The highest BCUT2D eigenvalue weighted by Gasteiger charge is 2.34. The lowest BCUT2D eigenvalue weighted by Gasteiger charge is -2.34. The number of nitrogens with zero attached hydrogens (tertiary/aromatic N) is 2. The number of hydrogen-bond donors (Lipinski definition) is 1. The van der Waals surface area contributed by atoms with Crippen molar-refractivity contribution in [2.45, 2.75) is 44.7 Å². The standard InChI is InChI=1S/C34H36ClN3O4S/c1-4-36-34(40)32(21-27-9-6-5-7-10-27)37(23-28-17-13-25(2)14-18-28)33(39)24-38(30-12-8-11-29(35)22-30)43(41,42)31-19-15-26(3)16-20-31/h5-20,22,32H,4,21,23-24H2,1-3H3,(H,36,40). The van der Waals surface area contributed by atoms with Gasteiger partial charge in [0.1, 0.15) is 12.6 Å². The number of carbonyl (C=O) groups excluding carboxylic acids is 2. The zero-order valence-electron chi connectivity index (χ0n) is 24.5. The summed E-state index contributed by atoms with van der Waals surface area (Å²) in [6.45, 7) is 5.62. The summed E-state index contributed by atoms with van der Waals surface area (Å²) < 4.78 is 29.1. The first-order chi connectivity index (χ1) is 20.6. The maximum atomic E-state index is 14.4. The summed E-state index contributed by atoms with van der Waals surface area (Å²) in [5, 5.41) is 3.20. The third-order valence-electron chi connectivity index (χ3n) is 7.08. The van der Waals surface area contributed by atoms with E-state index in [0.717, 1.165) is 26.6 Å². The summed E-state index contributed by atoms with van der Waals surface area (Å²) in [5.41, 5.74) is 3.90. The molecule has 0 radical (unpaired) electrons. The van der Waals surface area contributed by atoms with E-state index in [1.165, 1.54) is 23.1 Å². The number of amides is 2. The average Bonchev–Trinajstić information content (AvgIpc) is 2.99.